The summed E-state index contributed by atoms with van der Waals surface area (Å²) in [6.07, 6.45) is 7.78. The molecule has 3 aliphatic heterocycles. The third-order valence-corrected chi connectivity index (χ3v) is 9.22. The zero-order valence-corrected chi connectivity index (χ0v) is 24.1. The topological polar surface area (TPSA) is 80.5 Å². The molecule has 0 saturated carbocycles. The standard InChI is InChI=1S/C34H37N7O/c1-24-22-40(33-9-6-27(19-35)34-32(33)3-2-11-38-34)23-29-17-26(10-14-41(24)29)25-4-7-30(8-5-25)42-31-18-28(20-37-21-31)39-15-12-36-13-16-39/h2-9,11,18,20-21,24,26,29,36H,10,12-17,22-23H2,1H3/t24-,26+,29+/m1/s1. The van der Waals surface area contributed by atoms with Crippen molar-refractivity contribution in [1.29, 1.82) is 5.26 Å². The summed E-state index contributed by atoms with van der Waals surface area (Å²) in [7, 11) is 0. The number of pyridine rings is 2. The molecule has 3 atom stereocenters. The average Bonchev–Trinajstić information content (AvgIpc) is 3.05. The molecule has 0 unspecified atom stereocenters. The predicted molar refractivity (Wildman–Crippen MR) is 166 cm³/mol. The SMILES string of the molecule is C[C@@H]1CN(c2ccc(C#N)c3ncccc23)C[C@@H]2C[C@@H](c3ccc(Oc4cncc(N5CCNCC5)c4)cc3)CCN21. The second kappa shape index (κ2) is 11.6. The Morgan fingerprint density at radius 1 is 0.952 bits per heavy atom. The number of aromatic nitrogens is 2. The highest BCUT2D eigenvalue weighted by molar-refractivity contribution is 5.95. The first-order valence-electron chi connectivity index (χ1n) is 15.1. The van der Waals surface area contributed by atoms with Gasteiger partial charge in [-0.05, 0) is 74.2 Å². The summed E-state index contributed by atoms with van der Waals surface area (Å²) in [5.41, 5.74) is 5.10. The summed E-state index contributed by atoms with van der Waals surface area (Å²) in [5, 5.41) is 14.1. The van der Waals surface area contributed by atoms with E-state index in [0.717, 1.165) is 80.3 Å². The van der Waals surface area contributed by atoms with Gasteiger partial charge in [0.1, 0.15) is 17.6 Å². The minimum Gasteiger partial charge on any atom is -0.456 e. The van der Waals surface area contributed by atoms with Crippen LogP contribution in [-0.4, -0.2) is 72.8 Å². The lowest BCUT2D eigenvalue weighted by Gasteiger charge is -2.50. The van der Waals surface area contributed by atoms with Crippen LogP contribution >= 0.6 is 0 Å². The van der Waals surface area contributed by atoms with E-state index in [2.05, 4.69) is 85.4 Å². The average molecular weight is 560 g/mol. The van der Waals surface area contributed by atoms with E-state index in [1.54, 1.807) is 12.4 Å². The maximum atomic E-state index is 9.60. The number of benzene rings is 2. The highest BCUT2D eigenvalue weighted by Crippen LogP contribution is 2.38. The quantitative estimate of drug-likeness (QED) is 0.359. The van der Waals surface area contributed by atoms with Crippen LogP contribution in [0.25, 0.3) is 10.9 Å². The minimum absolute atomic E-state index is 0.466. The van der Waals surface area contributed by atoms with Crippen molar-refractivity contribution in [1.82, 2.24) is 20.2 Å². The summed E-state index contributed by atoms with van der Waals surface area (Å²) >= 11 is 0. The van der Waals surface area contributed by atoms with E-state index in [9.17, 15) is 5.26 Å². The number of fused-ring (bicyclic) bond motifs is 2. The molecule has 214 valence electrons. The summed E-state index contributed by atoms with van der Waals surface area (Å²) in [6.45, 7) is 9.38. The van der Waals surface area contributed by atoms with Crippen LogP contribution in [0.4, 0.5) is 11.4 Å². The van der Waals surface area contributed by atoms with Crippen LogP contribution < -0.4 is 19.9 Å². The van der Waals surface area contributed by atoms with E-state index in [4.69, 9.17) is 4.74 Å². The van der Waals surface area contributed by atoms with Gasteiger partial charge in [0.2, 0.25) is 0 Å². The Labute approximate surface area is 247 Å². The summed E-state index contributed by atoms with van der Waals surface area (Å²) in [5.74, 6) is 2.13. The van der Waals surface area contributed by atoms with Crippen molar-refractivity contribution < 1.29 is 4.74 Å². The van der Waals surface area contributed by atoms with E-state index in [1.807, 2.05) is 18.3 Å². The van der Waals surface area contributed by atoms with Crippen molar-refractivity contribution in [2.45, 2.75) is 37.8 Å². The second-order valence-corrected chi connectivity index (χ2v) is 11.8. The first-order valence-corrected chi connectivity index (χ1v) is 15.1. The highest BCUT2D eigenvalue weighted by atomic mass is 16.5. The van der Waals surface area contributed by atoms with E-state index in [1.165, 1.54) is 17.7 Å². The normalized spacial score (nSPS) is 22.9. The van der Waals surface area contributed by atoms with Crippen molar-refractivity contribution in [3.8, 4) is 17.6 Å². The molecule has 0 aliphatic carbocycles. The lowest BCUT2D eigenvalue weighted by Crippen LogP contribution is -2.60. The molecule has 7 rings (SSSR count). The number of nitrogens with one attached hydrogen (secondary N) is 1. The first-order chi connectivity index (χ1) is 20.7. The number of hydrogen-bond donors (Lipinski definition) is 1. The number of piperazine rings is 2. The number of nitrogens with zero attached hydrogens (tertiary/aromatic N) is 6. The molecule has 0 bridgehead atoms. The number of rotatable bonds is 5. The zero-order chi connectivity index (χ0) is 28.5. The van der Waals surface area contributed by atoms with Crippen molar-refractivity contribution in [2.75, 3.05) is 55.6 Å². The summed E-state index contributed by atoms with van der Waals surface area (Å²) in [4.78, 5) is 16.5. The molecule has 2 aromatic carbocycles. The summed E-state index contributed by atoms with van der Waals surface area (Å²) in [6, 6.07) is 22.1. The van der Waals surface area contributed by atoms with Gasteiger partial charge in [0.15, 0.2) is 0 Å². The monoisotopic (exact) mass is 559 g/mol. The highest BCUT2D eigenvalue weighted by Gasteiger charge is 2.37. The third-order valence-electron chi connectivity index (χ3n) is 9.22. The molecule has 42 heavy (non-hydrogen) atoms. The Kier molecular flexibility index (Phi) is 7.37. The molecule has 3 aliphatic rings. The Bertz CT molecular complexity index is 1590. The molecular formula is C34H37N7O. The number of anilines is 2. The Hall–Kier alpha value is -4.19. The molecule has 0 radical (unpaired) electrons. The Morgan fingerprint density at radius 3 is 2.64 bits per heavy atom. The molecule has 4 aromatic rings. The Morgan fingerprint density at radius 2 is 1.81 bits per heavy atom. The molecule has 0 amide bonds. The molecule has 0 spiro atoms. The zero-order valence-electron chi connectivity index (χ0n) is 24.1. The molecule has 3 fully saturated rings. The molecule has 8 heteroatoms. The van der Waals surface area contributed by atoms with Gasteiger partial charge in [0.25, 0.3) is 0 Å². The van der Waals surface area contributed by atoms with Crippen molar-refractivity contribution in [3.05, 3.63) is 84.3 Å². The lowest BCUT2D eigenvalue weighted by molar-refractivity contribution is 0.0766. The van der Waals surface area contributed by atoms with Crippen LogP contribution in [-0.2, 0) is 0 Å². The molecule has 5 heterocycles. The van der Waals surface area contributed by atoms with Gasteiger partial charge < -0.3 is 19.9 Å². The van der Waals surface area contributed by atoms with Gasteiger partial charge >= 0.3 is 0 Å². The number of nitriles is 1. The third kappa shape index (κ3) is 5.26. The van der Waals surface area contributed by atoms with Crippen molar-refractivity contribution in [3.63, 3.8) is 0 Å². The van der Waals surface area contributed by atoms with Crippen LogP contribution in [0, 0.1) is 11.3 Å². The van der Waals surface area contributed by atoms with Gasteiger partial charge in [0, 0.05) is 74.7 Å². The number of piperidine rings is 1. The lowest BCUT2D eigenvalue weighted by atomic mass is 9.83. The largest absolute Gasteiger partial charge is 0.456 e. The number of ether oxygens (including phenoxy) is 1. The van der Waals surface area contributed by atoms with E-state index in [-0.39, 0.29) is 0 Å². The van der Waals surface area contributed by atoms with E-state index in [0.29, 0.717) is 23.6 Å². The molecule has 8 nitrogen and oxygen atoms in total. The molecule has 2 aromatic heterocycles. The first kappa shape index (κ1) is 26.7. The van der Waals surface area contributed by atoms with Crippen molar-refractivity contribution in [2.24, 2.45) is 0 Å². The maximum Gasteiger partial charge on any atom is 0.147 e. The fraction of sp³-hybridized carbons (Fsp3) is 0.382. The maximum absolute atomic E-state index is 9.60. The van der Waals surface area contributed by atoms with Gasteiger partial charge in [-0.25, -0.2) is 0 Å². The van der Waals surface area contributed by atoms with Gasteiger partial charge in [-0.15, -0.1) is 0 Å². The van der Waals surface area contributed by atoms with Crippen LogP contribution in [0.5, 0.6) is 11.5 Å². The van der Waals surface area contributed by atoms with E-state index < -0.39 is 0 Å². The summed E-state index contributed by atoms with van der Waals surface area (Å²) < 4.78 is 6.22. The van der Waals surface area contributed by atoms with Crippen LogP contribution in [0.15, 0.2) is 73.2 Å². The fourth-order valence-electron chi connectivity index (χ4n) is 7.11. The van der Waals surface area contributed by atoms with Gasteiger partial charge in [0.05, 0.1) is 29.2 Å². The van der Waals surface area contributed by atoms with Gasteiger partial charge in [-0.3, -0.25) is 14.9 Å². The van der Waals surface area contributed by atoms with Gasteiger partial charge in [-0.2, -0.15) is 5.26 Å². The van der Waals surface area contributed by atoms with E-state index >= 15 is 0 Å². The Balaban J connectivity index is 1.04. The second-order valence-electron chi connectivity index (χ2n) is 11.8. The van der Waals surface area contributed by atoms with Gasteiger partial charge in [-0.1, -0.05) is 12.1 Å². The molecule has 1 N–H and O–H groups in total. The molecular weight excluding hydrogens is 522 g/mol. The van der Waals surface area contributed by atoms with Crippen LogP contribution in [0.2, 0.25) is 0 Å². The number of hydrogen-bond acceptors (Lipinski definition) is 8. The smallest absolute Gasteiger partial charge is 0.147 e. The fourth-order valence-corrected chi connectivity index (χ4v) is 7.11. The molecule has 3 saturated heterocycles. The van der Waals surface area contributed by atoms with Crippen molar-refractivity contribution >= 4 is 22.3 Å². The van der Waals surface area contributed by atoms with Crippen LogP contribution in [0.1, 0.15) is 36.8 Å². The minimum atomic E-state index is 0.466. The predicted octanol–water partition coefficient (Wildman–Crippen LogP) is 5.16. The van der Waals surface area contributed by atoms with Crippen LogP contribution in [0.3, 0.4) is 0 Å².